The summed E-state index contributed by atoms with van der Waals surface area (Å²) in [5, 5.41) is 42.0. The molecule has 2 aliphatic rings. The first-order valence-corrected chi connectivity index (χ1v) is 17.9. The van der Waals surface area contributed by atoms with Crippen LogP contribution in [0.2, 0.25) is 5.02 Å². The van der Waals surface area contributed by atoms with Crippen molar-refractivity contribution >= 4 is 23.1 Å². The second-order valence-corrected chi connectivity index (χ2v) is 14.1. The van der Waals surface area contributed by atoms with Gasteiger partial charge < -0.3 is 39.2 Å². The topological polar surface area (TPSA) is 167 Å². The van der Waals surface area contributed by atoms with E-state index in [2.05, 4.69) is 21.3 Å². The molecule has 53 heavy (non-hydrogen) atoms. The number of rotatable bonds is 18. The number of carbonyl (C=O) groups is 1. The van der Waals surface area contributed by atoms with Crippen molar-refractivity contribution in [3.8, 4) is 17.6 Å². The lowest BCUT2D eigenvalue weighted by Crippen LogP contribution is -2.59. The normalized spacial score (nSPS) is 22.5. The maximum atomic E-state index is 11.9. The molecule has 0 radical (unpaired) electrons. The van der Waals surface area contributed by atoms with Gasteiger partial charge in [-0.3, -0.25) is 15.1 Å². The lowest BCUT2D eigenvalue weighted by atomic mass is 9.73. The summed E-state index contributed by atoms with van der Waals surface area (Å²) in [6, 6.07) is 16.9. The zero-order chi connectivity index (χ0) is 38.1. The molecule has 13 heteroatoms. The van der Waals surface area contributed by atoms with Gasteiger partial charge in [-0.1, -0.05) is 54.1 Å². The molecule has 4 N–H and O–H groups in total. The molecule has 1 saturated heterocycles. The number of halogens is 1. The molecule has 1 fully saturated rings. The van der Waals surface area contributed by atoms with Crippen LogP contribution in [0.15, 0.2) is 79.2 Å². The van der Waals surface area contributed by atoms with Crippen LogP contribution in [0.5, 0.6) is 11.5 Å². The maximum Gasteiger partial charge on any atom is 0.326 e. The Morgan fingerprint density at radius 2 is 1.98 bits per heavy atom. The zero-order valence-corrected chi connectivity index (χ0v) is 31.0. The van der Waals surface area contributed by atoms with Gasteiger partial charge in [0.05, 0.1) is 23.3 Å². The lowest BCUT2D eigenvalue weighted by Gasteiger charge is -2.48. The van der Waals surface area contributed by atoms with E-state index >= 15 is 0 Å². The highest BCUT2D eigenvalue weighted by Crippen LogP contribution is 2.45. The molecule has 5 rings (SSSR count). The van der Waals surface area contributed by atoms with Crippen molar-refractivity contribution in [2.75, 3.05) is 46.6 Å². The van der Waals surface area contributed by atoms with Gasteiger partial charge in [-0.2, -0.15) is 5.26 Å². The molecule has 12 nitrogen and oxygen atoms in total. The van der Waals surface area contributed by atoms with Gasteiger partial charge in [0.1, 0.15) is 41.9 Å². The Morgan fingerprint density at radius 3 is 2.66 bits per heavy atom. The summed E-state index contributed by atoms with van der Waals surface area (Å²) in [5.41, 5.74) is -0.338. The van der Waals surface area contributed by atoms with E-state index in [1.165, 1.54) is 13.1 Å². The molecule has 0 spiro atoms. The van der Waals surface area contributed by atoms with Crippen molar-refractivity contribution in [1.82, 2.24) is 15.2 Å². The fraction of sp³-hybridized carbons (Fsp3) is 0.425. The Kier molecular flexibility index (Phi) is 13.3. The van der Waals surface area contributed by atoms with Crippen LogP contribution in [0.1, 0.15) is 48.9 Å². The Balaban J connectivity index is 1.45. The first kappa shape index (κ1) is 39.9. The molecule has 0 saturated carbocycles. The van der Waals surface area contributed by atoms with E-state index in [1.54, 1.807) is 31.5 Å². The van der Waals surface area contributed by atoms with Gasteiger partial charge in [0.2, 0.25) is 0 Å². The number of hydrogen-bond donors (Lipinski definition) is 4. The van der Waals surface area contributed by atoms with Crippen molar-refractivity contribution in [3.05, 3.63) is 106 Å². The highest BCUT2D eigenvalue weighted by molar-refractivity contribution is 6.32. The molecule has 3 aromatic rings. The summed E-state index contributed by atoms with van der Waals surface area (Å²) in [7, 11) is 1.65. The van der Waals surface area contributed by atoms with Gasteiger partial charge in [0.15, 0.2) is 5.60 Å². The second kappa shape index (κ2) is 17.7. The van der Waals surface area contributed by atoms with E-state index in [9.17, 15) is 25.4 Å². The number of pyridine rings is 1. The SMILES string of the molecule is COC1(C)C(c2ccccc2)=CC=CC1(COc1cc(OCc2cncc(C#N)c2)c(CNC(C)(CO)C(=O)O)cc1Cl)OCCCN1CC[C@@H](O)C1. The minimum Gasteiger partial charge on any atom is -0.488 e. The van der Waals surface area contributed by atoms with Crippen molar-refractivity contribution in [2.45, 2.75) is 62.7 Å². The number of nitriles is 1. The number of ether oxygens (including phenoxy) is 4. The van der Waals surface area contributed by atoms with Crippen molar-refractivity contribution in [3.63, 3.8) is 0 Å². The number of carboxylic acids is 1. The van der Waals surface area contributed by atoms with Crippen LogP contribution in [-0.4, -0.2) is 101 Å². The molecule has 1 aromatic heterocycles. The third kappa shape index (κ3) is 9.26. The van der Waals surface area contributed by atoms with Gasteiger partial charge in [0.25, 0.3) is 0 Å². The summed E-state index contributed by atoms with van der Waals surface area (Å²) in [6.45, 7) is 5.39. The average Bonchev–Trinajstić information content (AvgIpc) is 3.60. The number of benzene rings is 2. The van der Waals surface area contributed by atoms with Gasteiger partial charge in [-0.25, -0.2) is 0 Å². The largest absolute Gasteiger partial charge is 0.488 e. The molecular formula is C40H47ClN4O8. The molecule has 282 valence electrons. The summed E-state index contributed by atoms with van der Waals surface area (Å²) >= 11 is 6.86. The number of hydrogen-bond acceptors (Lipinski definition) is 11. The number of nitrogens with zero attached hydrogens (tertiary/aromatic N) is 3. The predicted octanol–water partition coefficient (Wildman–Crippen LogP) is 4.76. The number of aliphatic hydroxyl groups is 2. The van der Waals surface area contributed by atoms with Gasteiger partial charge in [-0.05, 0) is 56.0 Å². The highest BCUT2D eigenvalue weighted by Gasteiger charge is 2.53. The molecule has 1 aliphatic heterocycles. The number of aliphatic carboxylic acids is 1. The van der Waals surface area contributed by atoms with Crippen LogP contribution in [-0.2, 0) is 27.4 Å². The number of carboxylic acid groups (broad SMARTS) is 1. The van der Waals surface area contributed by atoms with Crippen LogP contribution >= 0.6 is 11.6 Å². The van der Waals surface area contributed by atoms with E-state index in [-0.39, 0.29) is 36.6 Å². The summed E-state index contributed by atoms with van der Waals surface area (Å²) in [4.78, 5) is 18.2. The first-order valence-electron chi connectivity index (χ1n) is 17.5. The van der Waals surface area contributed by atoms with E-state index < -0.39 is 29.3 Å². The number of aromatic nitrogens is 1. The number of methoxy groups -OCH3 is 1. The Morgan fingerprint density at radius 1 is 1.19 bits per heavy atom. The molecule has 3 unspecified atom stereocenters. The van der Waals surface area contributed by atoms with Gasteiger partial charge in [-0.15, -0.1) is 0 Å². The number of β-amino-alcohol motifs (C(OH)–C–C–N with tert-alkyl or cyclic N) is 1. The quantitative estimate of drug-likeness (QED) is 0.132. The van der Waals surface area contributed by atoms with E-state index in [0.717, 1.165) is 37.1 Å². The summed E-state index contributed by atoms with van der Waals surface area (Å²) < 4.78 is 25.9. The predicted molar refractivity (Wildman–Crippen MR) is 200 cm³/mol. The second-order valence-electron chi connectivity index (χ2n) is 13.7. The summed E-state index contributed by atoms with van der Waals surface area (Å²) in [6.07, 6.45) is 10.1. The van der Waals surface area contributed by atoms with Crippen LogP contribution in [0, 0.1) is 11.3 Å². The monoisotopic (exact) mass is 746 g/mol. The lowest BCUT2D eigenvalue weighted by molar-refractivity contribution is -0.152. The number of nitrogens with one attached hydrogen (secondary N) is 1. The molecule has 1 aliphatic carbocycles. The van der Waals surface area contributed by atoms with Crippen molar-refractivity contribution < 1.29 is 39.1 Å². The molecule has 2 heterocycles. The Bertz CT molecular complexity index is 1830. The summed E-state index contributed by atoms with van der Waals surface area (Å²) in [5.74, 6) is -0.595. The molecular weight excluding hydrogens is 700 g/mol. The fourth-order valence-electron chi connectivity index (χ4n) is 6.51. The van der Waals surface area contributed by atoms with Crippen LogP contribution in [0.4, 0.5) is 0 Å². The van der Waals surface area contributed by atoms with Gasteiger partial charge >= 0.3 is 5.97 Å². The molecule has 4 atom stereocenters. The van der Waals surface area contributed by atoms with E-state index in [1.807, 2.05) is 55.5 Å². The third-order valence-corrected chi connectivity index (χ3v) is 10.3. The highest BCUT2D eigenvalue weighted by atomic mass is 35.5. The van der Waals surface area contributed by atoms with Crippen molar-refractivity contribution in [2.24, 2.45) is 0 Å². The number of likely N-dealkylation sites (tertiary alicyclic amines) is 1. The number of aliphatic hydroxyl groups excluding tert-OH is 2. The van der Waals surface area contributed by atoms with Crippen LogP contribution < -0.4 is 14.8 Å². The Labute approximate surface area is 315 Å². The Hall–Kier alpha value is -4.32. The standard InChI is InChI=1S/C40H47ClN4O8/c1-38(26-46,37(48)49)44-23-31-18-34(41)36(19-35(31)51-25-29-17-28(20-42)21-43-22-29)52-27-40(53-16-8-14-45-15-12-32(47)24-45)13-7-11-33(39(40,2)50-3)30-9-5-4-6-10-30/h4-7,9-11,13,17-19,21-22,32,44,46-47H,8,12,14-16,23-27H2,1-3H3,(H,48,49)/t32-,38?,39?,40?/m1/s1. The molecule has 2 aromatic carbocycles. The molecule has 0 bridgehead atoms. The first-order chi connectivity index (χ1) is 25.5. The minimum absolute atomic E-state index is 0.00701. The van der Waals surface area contributed by atoms with Crippen LogP contribution in [0.3, 0.4) is 0 Å². The zero-order valence-electron chi connectivity index (χ0n) is 30.3. The van der Waals surface area contributed by atoms with Crippen LogP contribution in [0.25, 0.3) is 5.57 Å². The third-order valence-electron chi connectivity index (χ3n) is 10.0. The maximum absolute atomic E-state index is 11.9. The minimum atomic E-state index is -1.62. The fourth-order valence-corrected chi connectivity index (χ4v) is 6.75. The van der Waals surface area contributed by atoms with E-state index in [0.29, 0.717) is 35.6 Å². The van der Waals surface area contributed by atoms with Gasteiger partial charge in [0, 0.05) is 69.5 Å². The molecule has 0 amide bonds. The number of allylic oxidation sites excluding steroid dienone is 2. The smallest absolute Gasteiger partial charge is 0.326 e. The average molecular weight is 747 g/mol. The van der Waals surface area contributed by atoms with E-state index in [4.69, 9.17) is 30.5 Å². The van der Waals surface area contributed by atoms with Crippen molar-refractivity contribution in [1.29, 1.82) is 5.26 Å².